The van der Waals surface area contributed by atoms with Gasteiger partial charge in [0.2, 0.25) is 0 Å². The summed E-state index contributed by atoms with van der Waals surface area (Å²) in [5, 5.41) is 6.11. The third-order valence-corrected chi connectivity index (χ3v) is 3.83. The van der Waals surface area contributed by atoms with E-state index >= 15 is 0 Å². The molecule has 0 bridgehead atoms. The van der Waals surface area contributed by atoms with Gasteiger partial charge in [0.05, 0.1) is 0 Å². The van der Waals surface area contributed by atoms with Gasteiger partial charge in [-0.3, -0.25) is 4.79 Å². The van der Waals surface area contributed by atoms with Crippen LogP contribution in [0.15, 0.2) is 66.9 Å². The topological polar surface area (TPSA) is 54.0 Å². The van der Waals surface area contributed by atoms with Gasteiger partial charge in [-0.2, -0.15) is 0 Å². The monoisotopic (exact) mass is 317 g/mol. The predicted molar refractivity (Wildman–Crippen MR) is 97.8 cm³/mol. The van der Waals surface area contributed by atoms with Crippen LogP contribution in [0.3, 0.4) is 0 Å². The summed E-state index contributed by atoms with van der Waals surface area (Å²) in [7, 11) is 0. The number of carbonyl (C=O) groups is 1. The van der Waals surface area contributed by atoms with Crippen LogP contribution in [0.5, 0.6) is 0 Å². The molecule has 0 atom stereocenters. The summed E-state index contributed by atoms with van der Waals surface area (Å²) in [6.45, 7) is 4.14. The molecule has 0 aliphatic carbocycles. The Morgan fingerprint density at radius 1 is 0.875 bits per heavy atom. The number of carbonyl (C=O) groups excluding carboxylic acids is 1. The first-order chi connectivity index (χ1) is 11.6. The zero-order valence-corrected chi connectivity index (χ0v) is 13.7. The summed E-state index contributed by atoms with van der Waals surface area (Å²) >= 11 is 0. The van der Waals surface area contributed by atoms with E-state index in [1.807, 2.05) is 36.4 Å². The van der Waals surface area contributed by atoms with Gasteiger partial charge in [-0.25, -0.2) is 4.98 Å². The molecule has 4 nitrogen and oxygen atoms in total. The minimum atomic E-state index is -0.160. The number of hydrogen-bond donors (Lipinski definition) is 2. The number of amides is 1. The zero-order chi connectivity index (χ0) is 16.9. The van der Waals surface area contributed by atoms with Crippen LogP contribution in [0.25, 0.3) is 0 Å². The van der Waals surface area contributed by atoms with Gasteiger partial charge in [-0.05, 0) is 61.4 Å². The Morgan fingerprint density at radius 2 is 1.67 bits per heavy atom. The number of anilines is 3. The minimum Gasteiger partial charge on any atom is -0.340 e. The summed E-state index contributed by atoms with van der Waals surface area (Å²) < 4.78 is 0. The molecular weight excluding hydrogens is 298 g/mol. The quantitative estimate of drug-likeness (QED) is 0.733. The summed E-state index contributed by atoms with van der Waals surface area (Å²) in [5.74, 6) is 0.478. The van der Waals surface area contributed by atoms with Crippen molar-refractivity contribution in [2.75, 3.05) is 10.6 Å². The molecule has 0 radical (unpaired) electrons. The number of hydrogen-bond acceptors (Lipinski definition) is 3. The molecule has 0 saturated carbocycles. The van der Waals surface area contributed by atoms with E-state index in [0.717, 1.165) is 11.4 Å². The maximum Gasteiger partial charge on any atom is 0.255 e. The Morgan fingerprint density at radius 3 is 2.42 bits per heavy atom. The maximum absolute atomic E-state index is 12.4. The highest BCUT2D eigenvalue weighted by Gasteiger charge is 2.08. The highest BCUT2D eigenvalue weighted by Crippen LogP contribution is 2.19. The van der Waals surface area contributed by atoms with Gasteiger partial charge < -0.3 is 10.6 Å². The Balaban J connectivity index is 1.76. The van der Waals surface area contributed by atoms with Gasteiger partial charge in [0.1, 0.15) is 5.82 Å². The largest absolute Gasteiger partial charge is 0.340 e. The molecule has 24 heavy (non-hydrogen) atoms. The Bertz CT molecular complexity index is 860. The summed E-state index contributed by atoms with van der Waals surface area (Å²) in [5.41, 5.74) is 4.72. The Hall–Kier alpha value is -3.14. The number of pyridine rings is 1. The molecule has 4 heteroatoms. The molecule has 1 aromatic heterocycles. The molecule has 0 fully saturated rings. The number of para-hydroxylation sites is 1. The lowest BCUT2D eigenvalue weighted by molar-refractivity contribution is 0.102. The lowest BCUT2D eigenvalue weighted by Gasteiger charge is -2.10. The Labute approximate surface area is 141 Å². The van der Waals surface area contributed by atoms with E-state index in [9.17, 15) is 4.79 Å². The van der Waals surface area contributed by atoms with Gasteiger partial charge in [0.25, 0.3) is 5.91 Å². The number of rotatable bonds is 4. The highest BCUT2D eigenvalue weighted by atomic mass is 16.1. The van der Waals surface area contributed by atoms with E-state index in [1.54, 1.807) is 18.3 Å². The second-order valence-electron chi connectivity index (χ2n) is 5.67. The van der Waals surface area contributed by atoms with Crippen molar-refractivity contribution in [2.24, 2.45) is 0 Å². The lowest BCUT2D eigenvalue weighted by Crippen LogP contribution is -2.12. The van der Waals surface area contributed by atoms with Crippen LogP contribution < -0.4 is 10.6 Å². The van der Waals surface area contributed by atoms with E-state index in [-0.39, 0.29) is 5.91 Å². The van der Waals surface area contributed by atoms with Crippen molar-refractivity contribution in [1.82, 2.24) is 4.98 Å². The summed E-state index contributed by atoms with van der Waals surface area (Å²) in [6.07, 6.45) is 1.63. The molecule has 0 spiro atoms. The van der Waals surface area contributed by atoms with E-state index < -0.39 is 0 Å². The first-order valence-electron chi connectivity index (χ1n) is 7.78. The maximum atomic E-state index is 12.4. The molecule has 3 rings (SSSR count). The normalized spacial score (nSPS) is 10.2. The average Bonchev–Trinajstić information content (AvgIpc) is 2.59. The first kappa shape index (κ1) is 15.7. The van der Waals surface area contributed by atoms with Gasteiger partial charge in [-0.15, -0.1) is 0 Å². The van der Waals surface area contributed by atoms with E-state index in [0.29, 0.717) is 11.4 Å². The molecule has 2 aromatic carbocycles. The fourth-order valence-corrected chi connectivity index (χ4v) is 2.33. The van der Waals surface area contributed by atoms with Crippen LogP contribution in [0.1, 0.15) is 21.5 Å². The van der Waals surface area contributed by atoms with Crippen molar-refractivity contribution >= 4 is 23.1 Å². The van der Waals surface area contributed by atoms with Gasteiger partial charge in [0.15, 0.2) is 0 Å². The predicted octanol–water partition coefficient (Wildman–Crippen LogP) is 4.69. The SMILES string of the molecule is Cc1ccc(Nc2cc(C(=O)Nc3ccccc3)ccn2)cc1C. The third kappa shape index (κ3) is 3.79. The second kappa shape index (κ2) is 6.96. The zero-order valence-electron chi connectivity index (χ0n) is 13.7. The highest BCUT2D eigenvalue weighted by molar-refractivity contribution is 6.04. The van der Waals surface area contributed by atoms with Crippen molar-refractivity contribution in [1.29, 1.82) is 0 Å². The van der Waals surface area contributed by atoms with E-state index in [2.05, 4.69) is 41.6 Å². The van der Waals surface area contributed by atoms with Crippen molar-refractivity contribution in [3.8, 4) is 0 Å². The molecule has 1 amide bonds. The van der Waals surface area contributed by atoms with Crippen LogP contribution in [0, 0.1) is 13.8 Å². The van der Waals surface area contributed by atoms with Crippen molar-refractivity contribution in [3.05, 3.63) is 83.6 Å². The summed E-state index contributed by atoms with van der Waals surface area (Å²) in [6, 6.07) is 19.0. The van der Waals surface area contributed by atoms with Crippen LogP contribution >= 0.6 is 0 Å². The standard InChI is InChI=1S/C20H19N3O/c1-14-8-9-18(12-15(14)2)22-19-13-16(10-11-21-19)20(24)23-17-6-4-3-5-7-17/h3-13H,1-2H3,(H,21,22)(H,23,24). The molecule has 1 heterocycles. The summed E-state index contributed by atoms with van der Waals surface area (Å²) in [4.78, 5) is 16.6. The first-order valence-corrected chi connectivity index (χ1v) is 7.78. The fourth-order valence-electron chi connectivity index (χ4n) is 2.33. The third-order valence-electron chi connectivity index (χ3n) is 3.83. The number of nitrogens with zero attached hydrogens (tertiary/aromatic N) is 1. The number of aryl methyl sites for hydroxylation is 2. The molecule has 0 saturated heterocycles. The van der Waals surface area contributed by atoms with E-state index in [1.165, 1.54) is 11.1 Å². The fraction of sp³-hybridized carbons (Fsp3) is 0.100. The molecule has 120 valence electrons. The van der Waals surface area contributed by atoms with Crippen molar-refractivity contribution in [2.45, 2.75) is 13.8 Å². The van der Waals surface area contributed by atoms with Gasteiger partial charge in [-0.1, -0.05) is 24.3 Å². The van der Waals surface area contributed by atoms with Crippen LogP contribution in [-0.4, -0.2) is 10.9 Å². The number of nitrogens with one attached hydrogen (secondary N) is 2. The molecule has 3 aromatic rings. The van der Waals surface area contributed by atoms with E-state index in [4.69, 9.17) is 0 Å². The number of aromatic nitrogens is 1. The molecule has 0 unspecified atom stereocenters. The molecule has 2 N–H and O–H groups in total. The van der Waals surface area contributed by atoms with Crippen molar-refractivity contribution < 1.29 is 4.79 Å². The molecule has 0 aliphatic rings. The van der Waals surface area contributed by atoms with Crippen LogP contribution in [0.4, 0.5) is 17.2 Å². The van der Waals surface area contributed by atoms with Crippen molar-refractivity contribution in [3.63, 3.8) is 0 Å². The Kier molecular flexibility index (Phi) is 4.57. The smallest absolute Gasteiger partial charge is 0.255 e. The van der Waals surface area contributed by atoms with Crippen LogP contribution in [-0.2, 0) is 0 Å². The lowest BCUT2D eigenvalue weighted by atomic mass is 10.1. The van der Waals surface area contributed by atoms with Gasteiger partial charge in [0, 0.05) is 23.1 Å². The van der Waals surface area contributed by atoms with Crippen LogP contribution in [0.2, 0.25) is 0 Å². The van der Waals surface area contributed by atoms with Gasteiger partial charge >= 0.3 is 0 Å². The molecule has 0 aliphatic heterocycles. The minimum absolute atomic E-state index is 0.160. The average molecular weight is 317 g/mol. The molecular formula is C20H19N3O. The second-order valence-corrected chi connectivity index (χ2v) is 5.67. The number of benzene rings is 2.